The van der Waals surface area contributed by atoms with Crippen molar-refractivity contribution in [1.82, 2.24) is 4.98 Å². The van der Waals surface area contributed by atoms with Gasteiger partial charge in [-0.3, -0.25) is 4.98 Å². The number of aromatic nitrogens is 1. The molecule has 0 amide bonds. The average molecular weight is 191 g/mol. The van der Waals surface area contributed by atoms with Gasteiger partial charge in [0.2, 0.25) is 0 Å². The Balaban J connectivity index is 2.27. The van der Waals surface area contributed by atoms with Gasteiger partial charge in [-0.2, -0.15) is 0 Å². The number of aliphatic hydroxyl groups is 1. The third kappa shape index (κ3) is 1.77. The fourth-order valence-corrected chi connectivity index (χ4v) is 1.42. The summed E-state index contributed by atoms with van der Waals surface area (Å²) in [6.45, 7) is 1.95. The molecule has 14 heavy (non-hydrogen) atoms. The van der Waals surface area contributed by atoms with Crippen LogP contribution in [0.25, 0.3) is 11.0 Å². The Hall–Kier alpha value is -1.35. The molecule has 74 valence electrons. The van der Waals surface area contributed by atoms with Crippen molar-refractivity contribution < 1.29 is 9.52 Å². The SMILES string of the molecule is CCC(O)Cc1cc2ccncc2o1. The highest BCUT2D eigenvalue weighted by Gasteiger charge is 2.07. The van der Waals surface area contributed by atoms with E-state index >= 15 is 0 Å². The van der Waals surface area contributed by atoms with Gasteiger partial charge >= 0.3 is 0 Å². The first-order chi connectivity index (χ1) is 6.79. The second kappa shape index (κ2) is 3.80. The molecule has 0 saturated heterocycles. The molecule has 1 unspecified atom stereocenters. The molecule has 3 heteroatoms. The van der Waals surface area contributed by atoms with Crippen molar-refractivity contribution in [2.45, 2.75) is 25.9 Å². The van der Waals surface area contributed by atoms with Gasteiger partial charge in [-0.15, -0.1) is 0 Å². The highest BCUT2D eigenvalue weighted by Crippen LogP contribution is 2.19. The van der Waals surface area contributed by atoms with Crippen LogP contribution in [0, 0.1) is 0 Å². The Labute approximate surface area is 82.4 Å². The molecule has 2 heterocycles. The standard InChI is InChI=1S/C11H13NO2/c1-2-9(13)6-10-5-8-3-4-12-7-11(8)14-10/h3-5,7,9,13H,2,6H2,1H3. The smallest absolute Gasteiger partial charge is 0.152 e. The predicted octanol–water partition coefficient (Wildman–Crippen LogP) is 2.14. The molecule has 0 radical (unpaired) electrons. The molecule has 3 nitrogen and oxygen atoms in total. The van der Waals surface area contributed by atoms with E-state index in [1.165, 1.54) is 0 Å². The van der Waals surface area contributed by atoms with Gasteiger partial charge in [-0.1, -0.05) is 6.92 Å². The maximum absolute atomic E-state index is 9.46. The van der Waals surface area contributed by atoms with Crippen molar-refractivity contribution in [3.8, 4) is 0 Å². The zero-order valence-electron chi connectivity index (χ0n) is 8.10. The van der Waals surface area contributed by atoms with Gasteiger partial charge in [-0.05, 0) is 18.6 Å². The first-order valence-electron chi connectivity index (χ1n) is 4.80. The molecule has 0 aromatic carbocycles. The third-order valence-electron chi connectivity index (χ3n) is 2.28. The number of furan rings is 1. The highest BCUT2D eigenvalue weighted by atomic mass is 16.3. The highest BCUT2D eigenvalue weighted by molar-refractivity contribution is 5.76. The Bertz CT molecular complexity index is 389. The molecule has 0 aliphatic carbocycles. The van der Waals surface area contributed by atoms with Crippen LogP contribution < -0.4 is 0 Å². The summed E-state index contributed by atoms with van der Waals surface area (Å²) in [5, 5.41) is 10.5. The van der Waals surface area contributed by atoms with Crippen LogP contribution in [0.5, 0.6) is 0 Å². The molecule has 0 spiro atoms. The van der Waals surface area contributed by atoms with Crippen LogP contribution in [0.2, 0.25) is 0 Å². The van der Waals surface area contributed by atoms with E-state index in [4.69, 9.17) is 4.42 Å². The number of pyridine rings is 1. The normalized spacial score (nSPS) is 13.3. The molecule has 1 atom stereocenters. The van der Waals surface area contributed by atoms with E-state index in [1.807, 2.05) is 19.1 Å². The quantitative estimate of drug-likeness (QED) is 0.808. The topological polar surface area (TPSA) is 46.3 Å². The predicted molar refractivity (Wildman–Crippen MR) is 54.0 cm³/mol. The van der Waals surface area contributed by atoms with Gasteiger partial charge in [0.05, 0.1) is 12.3 Å². The third-order valence-corrected chi connectivity index (χ3v) is 2.28. The Morgan fingerprint density at radius 1 is 1.57 bits per heavy atom. The molecule has 0 bridgehead atoms. The fourth-order valence-electron chi connectivity index (χ4n) is 1.42. The van der Waals surface area contributed by atoms with Crippen molar-refractivity contribution in [2.75, 3.05) is 0 Å². The Morgan fingerprint density at radius 3 is 3.14 bits per heavy atom. The van der Waals surface area contributed by atoms with E-state index in [1.54, 1.807) is 12.4 Å². The number of aliphatic hydroxyl groups excluding tert-OH is 1. The van der Waals surface area contributed by atoms with Crippen molar-refractivity contribution >= 4 is 11.0 Å². The number of fused-ring (bicyclic) bond motifs is 1. The minimum atomic E-state index is -0.316. The van der Waals surface area contributed by atoms with Gasteiger partial charge in [0, 0.05) is 18.0 Å². The number of hydrogen-bond acceptors (Lipinski definition) is 3. The zero-order chi connectivity index (χ0) is 9.97. The summed E-state index contributed by atoms with van der Waals surface area (Å²) in [5.41, 5.74) is 0.783. The zero-order valence-corrected chi connectivity index (χ0v) is 8.10. The van der Waals surface area contributed by atoms with Crippen LogP contribution in [0.15, 0.2) is 28.9 Å². The van der Waals surface area contributed by atoms with Crippen LogP contribution in [-0.2, 0) is 6.42 Å². The number of nitrogens with zero attached hydrogens (tertiary/aromatic N) is 1. The summed E-state index contributed by atoms with van der Waals surface area (Å²) in [6.07, 6.45) is 4.43. The van der Waals surface area contributed by atoms with Crippen LogP contribution in [0.3, 0.4) is 0 Å². The summed E-state index contributed by atoms with van der Waals surface area (Å²) < 4.78 is 5.52. The summed E-state index contributed by atoms with van der Waals surface area (Å²) in [5.74, 6) is 0.822. The second-order valence-corrected chi connectivity index (χ2v) is 3.39. The van der Waals surface area contributed by atoms with Crippen LogP contribution >= 0.6 is 0 Å². The lowest BCUT2D eigenvalue weighted by Crippen LogP contribution is -2.07. The molecule has 0 aliphatic heterocycles. The minimum absolute atomic E-state index is 0.316. The molecule has 2 rings (SSSR count). The molecule has 2 aromatic heterocycles. The summed E-state index contributed by atoms with van der Waals surface area (Å²) in [7, 11) is 0. The Kier molecular flexibility index (Phi) is 2.50. The van der Waals surface area contributed by atoms with Gasteiger partial charge in [0.15, 0.2) is 5.58 Å². The minimum Gasteiger partial charge on any atom is -0.459 e. The summed E-state index contributed by atoms with van der Waals surface area (Å²) >= 11 is 0. The van der Waals surface area contributed by atoms with E-state index in [0.717, 1.165) is 23.2 Å². The van der Waals surface area contributed by atoms with E-state index in [2.05, 4.69) is 4.98 Å². The first kappa shape index (κ1) is 9.21. The number of hydrogen-bond donors (Lipinski definition) is 1. The van der Waals surface area contributed by atoms with Crippen LogP contribution in [0.4, 0.5) is 0 Å². The maximum atomic E-state index is 9.46. The lowest BCUT2D eigenvalue weighted by molar-refractivity contribution is 0.164. The van der Waals surface area contributed by atoms with Crippen molar-refractivity contribution in [3.05, 3.63) is 30.3 Å². The summed E-state index contributed by atoms with van der Waals surface area (Å²) in [6, 6.07) is 3.86. The molecular formula is C11H13NO2. The van der Waals surface area contributed by atoms with Crippen LogP contribution in [0.1, 0.15) is 19.1 Å². The Morgan fingerprint density at radius 2 is 2.43 bits per heavy atom. The summed E-state index contributed by atoms with van der Waals surface area (Å²) in [4.78, 5) is 3.97. The van der Waals surface area contributed by atoms with Gasteiger partial charge in [0.1, 0.15) is 5.76 Å². The lowest BCUT2D eigenvalue weighted by Gasteiger charge is -2.02. The van der Waals surface area contributed by atoms with E-state index in [0.29, 0.717) is 6.42 Å². The van der Waals surface area contributed by atoms with Gasteiger partial charge in [0.25, 0.3) is 0 Å². The van der Waals surface area contributed by atoms with Crippen molar-refractivity contribution in [3.63, 3.8) is 0 Å². The second-order valence-electron chi connectivity index (χ2n) is 3.39. The van der Waals surface area contributed by atoms with E-state index in [9.17, 15) is 5.11 Å². The fraction of sp³-hybridized carbons (Fsp3) is 0.364. The van der Waals surface area contributed by atoms with Crippen molar-refractivity contribution in [1.29, 1.82) is 0 Å². The largest absolute Gasteiger partial charge is 0.459 e. The first-order valence-corrected chi connectivity index (χ1v) is 4.80. The van der Waals surface area contributed by atoms with E-state index in [-0.39, 0.29) is 6.10 Å². The monoisotopic (exact) mass is 191 g/mol. The average Bonchev–Trinajstić information content (AvgIpc) is 2.59. The van der Waals surface area contributed by atoms with Gasteiger partial charge in [-0.25, -0.2) is 0 Å². The van der Waals surface area contributed by atoms with Gasteiger partial charge < -0.3 is 9.52 Å². The molecule has 0 fully saturated rings. The van der Waals surface area contributed by atoms with Crippen molar-refractivity contribution in [2.24, 2.45) is 0 Å². The van der Waals surface area contributed by atoms with E-state index < -0.39 is 0 Å². The molecule has 2 aromatic rings. The molecule has 1 N–H and O–H groups in total. The molecule has 0 saturated carbocycles. The molecular weight excluding hydrogens is 178 g/mol. The number of rotatable bonds is 3. The molecule has 0 aliphatic rings. The van der Waals surface area contributed by atoms with Crippen LogP contribution in [-0.4, -0.2) is 16.2 Å². The lowest BCUT2D eigenvalue weighted by atomic mass is 10.1. The maximum Gasteiger partial charge on any atom is 0.152 e.